The van der Waals surface area contributed by atoms with E-state index in [0.717, 1.165) is 92.5 Å². The predicted molar refractivity (Wildman–Crippen MR) is 227 cm³/mol. The second kappa shape index (κ2) is 17.5. The molecule has 59 heavy (non-hydrogen) atoms. The first-order chi connectivity index (χ1) is 28.8. The Morgan fingerprint density at radius 2 is 1.58 bits per heavy atom. The summed E-state index contributed by atoms with van der Waals surface area (Å²) >= 11 is 6.60. The number of nitrogens with one attached hydrogen (secondary N) is 2. The fraction of sp³-hybridized carbons (Fsp3) is 0.457. The number of aliphatic hydroxyl groups excluding tert-OH is 1. The van der Waals surface area contributed by atoms with E-state index in [-0.39, 0.29) is 23.8 Å². The summed E-state index contributed by atoms with van der Waals surface area (Å²) in [6.45, 7) is 6.41. The lowest BCUT2D eigenvalue weighted by Crippen LogP contribution is -2.51. The molecule has 1 aromatic heterocycles. The number of carbonyl (C=O) groups excluding carboxylic acids is 3. The summed E-state index contributed by atoms with van der Waals surface area (Å²) in [4.78, 5) is 55.8. The van der Waals surface area contributed by atoms with E-state index in [1.54, 1.807) is 6.20 Å². The molecule has 0 aliphatic carbocycles. The Morgan fingerprint density at radius 1 is 0.831 bits per heavy atom. The minimum Gasteiger partial charge on any atom is -0.374 e. The van der Waals surface area contributed by atoms with Crippen LogP contribution in [0.5, 0.6) is 0 Å². The third-order valence-electron chi connectivity index (χ3n) is 13.3. The lowest BCUT2D eigenvalue weighted by Gasteiger charge is -2.42. The number of carbonyl (C=O) groups is 3. The van der Waals surface area contributed by atoms with Crippen molar-refractivity contribution in [1.82, 2.24) is 34.9 Å². The Balaban J connectivity index is 0.705. The van der Waals surface area contributed by atoms with E-state index in [2.05, 4.69) is 61.8 Å². The van der Waals surface area contributed by atoms with E-state index in [1.807, 2.05) is 46.2 Å². The lowest BCUT2D eigenvalue weighted by molar-refractivity contribution is -0.142. The minimum absolute atomic E-state index is 0.176. The summed E-state index contributed by atoms with van der Waals surface area (Å²) < 4.78 is 0. The van der Waals surface area contributed by atoms with E-state index in [9.17, 15) is 19.5 Å². The highest BCUT2D eigenvalue weighted by molar-refractivity contribution is 6.32. The van der Waals surface area contributed by atoms with Crippen molar-refractivity contribution in [2.45, 2.75) is 88.2 Å². The molecule has 0 radical (unpaired) electrons. The molecule has 2 unspecified atom stereocenters. The number of imide groups is 1. The van der Waals surface area contributed by atoms with Crippen molar-refractivity contribution in [3.63, 3.8) is 0 Å². The number of anilines is 1. The number of hydrogen-bond acceptors (Lipinski definition) is 10. The molecule has 9 rings (SSSR count). The molecule has 308 valence electrons. The molecule has 4 saturated heterocycles. The Labute approximate surface area is 350 Å². The summed E-state index contributed by atoms with van der Waals surface area (Å²) in [7, 11) is 0. The van der Waals surface area contributed by atoms with Gasteiger partial charge in [-0.15, -0.1) is 0 Å². The van der Waals surface area contributed by atoms with Gasteiger partial charge < -0.3 is 20.2 Å². The topological polar surface area (TPSA) is 134 Å². The third-order valence-corrected chi connectivity index (χ3v) is 13.6. The molecule has 13 heteroatoms. The summed E-state index contributed by atoms with van der Waals surface area (Å²) in [5.74, 6) is 0.677. The zero-order chi connectivity index (χ0) is 40.5. The highest BCUT2D eigenvalue weighted by atomic mass is 35.5. The molecule has 3 amide bonds. The molecule has 12 nitrogen and oxygen atoms in total. The smallest absolute Gasteiger partial charge is 0.244 e. The Kier molecular flexibility index (Phi) is 11.8. The first-order valence-electron chi connectivity index (χ1n) is 21.3. The number of nitrogens with zero attached hydrogens (tertiary/aromatic N) is 6. The molecule has 5 aliphatic heterocycles. The van der Waals surface area contributed by atoms with Crippen molar-refractivity contribution in [2.75, 3.05) is 51.1 Å². The monoisotopic (exact) mass is 816 g/mol. The second-order valence-corrected chi connectivity index (χ2v) is 17.3. The van der Waals surface area contributed by atoms with E-state index in [4.69, 9.17) is 16.6 Å². The van der Waals surface area contributed by atoms with Crippen LogP contribution >= 0.6 is 11.6 Å². The average molecular weight is 817 g/mol. The molecule has 0 bridgehead atoms. The fourth-order valence-electron chi connectivity index (χ4n) is 9.91. The van der Waals surface area contributed by atoms with Crippen LogP contribution in [-0.4, -0.2) is 116 Å². The predicted octanol–water partition coefficient (Wildman–Crippen LogP) is 5.82. The van der Waals surface area contributed by atoms with Gasteiger partial charge in [0.05, 0.1) is 29.5 Å². The summed E-state index contributed by atoms with van der Waals surface area (Å²) in [5, 5.41) is 17.5. The molecular weight excluding hydrogens is 764 g/mol. The van der Waals surface area contributed by atoms with Crippen LogP contribution < -0.4 is 10.6 Å². The van der Waals surface area contributed by atoms with Gasteiger partial charge in [-0.1, -0.05) is 78.3 Å². The van der Waals surface area contributed by atoms with Crippen LogP contribution in [0, 0.1) is 0 Å². The van der Waals surface area contributed by atoms with Crippen molar-refractivity contribution in [2.24, 2.45) is 0 Å². The van der Waals surface area contributed by atoms with Crippen molar-refractivity contribution < 1.29 is 19.5 Å². The Hall–Kier alpha value is -4.72. The fourth-order valence-corrected chi connectivity index (χ4v) is 10.1. The first kappa shape index (κ1) is 39.7. The maximum absolute atomic E-state index is 13.4. The zero-order valence-corrected chi connectivity index (χ0v) is 34.2. The Bertz CT molecular complexity index is 2170. The van der Waals surface area contributed by atoms with Crippen LogP contribution in [0.1, 0.15) is 80.2 Å². The van der Waals surface area contributed by atoms with Crippen LogP contribution in [0.25, 0.3) is 22.4 Å². The first-order valence-corrected chi connectivity index (χ1v) is 21.7. The van der Waals surface area contributed by atoms with Gasteiger partial charge in [-0.2, -0.15) is 0 Å². The van der Waals surface area contributed by atoms with Crippen molar-refractivity contribution in [3.8, 4) is 22.4 Å². The van der Waals surface area contributed by atoms with Gasteiger partial charge in [0.1, 0.15) is 6.23 Å². The number of piperidine rings is 4. The van der Waals surface area contributed by atoms with Crippen LogP contribution in [-0.2, 0) is 20.9 Å². The van der Waals surface area contributed by atoms with E-state index in [1.165, 1.54) is 5.56 Å². The van der Waals surface area contributed by atoms with Gasteiger partial charge in [-0.3, -0.25) is 29.5 Å². The average Bonchev–Trinajstić information content (AvgIpc) is 3.60. The number of amides is 3. The number of benzene rings is 3. The Morgan fingerprint density at radius 3 is 2.34 bits per heavy atom. The van der Waals surface area contributed by atoms with Gasteiger partial charge in [0.25, 0.3) is 0 Å². The number of hydrogen-bond donors (Lipinski definition) is 3. The van der Waals surface area contributed by atoms with Gasteiger partial charge >= 0.3 is 0 Å². The van der Waals surface area contributed by atoms with Crippen LogP contribution in [0.15, 0.2) is 79.0 Å². The lowest BCUT2D eigenvalue weighted by atomic mass is 9.86. The molecule has 0 spiro atoms. The number of halogens is 1. The van der Waals surface area contributed by atoms with Gasteiger partial charge in [-0.05, 0) is 97.8 Å². The SMILES string of the molecule is O=C1CCC(N2Cc3cc(C4CCN(C5CCN(CC(=O)N6CCC(Nc7ncc(Cl)c(-c8cccc(-c9ccccc9)c8)n7)CC6)CC5)CC4)ccc3C2O)C(=O)N1. The molecule has 4 fully saturated rings. The van der Waals surface area contributed by atoms with E-state index < -0.39 is 12.3 Å². The van der Waals surface area contributed by atoms with Gasteiger partial charge in [0, 0.05) is 56.8 Å². The maximum Gasteiger partial charge on any atom is 0.244 e. The summed E-state index contributed by atoms with van der Waals surface area (Å²) in [6, 6.07) is 25.1. The number of aromatic nitrogens is 2. The molecule has 0 saturated carbocycles. The van der Waals surface area contributed by atoms with E-state index >= 15 is 0 Å². The zero-order valence-electron chi connectivity index (χ0n) is 33.4. The largest absolute Gasteiger partial charge is 0.374 e. The second-order valence-electron chi connectivity index (χ2n) is 16.9. The molecule has 2 atom stereocenters. The molecule has 3 aromatic carbocycles. The standard InChI is InChI=1S/C46H53ClN8O4/c47-39-27-48-46(51-43(39)34-8-4-7-32(25-34)30-5-2-1-3-6-30)49-36-15-23-54(24-16-36)42(57)29-52-19-17-37(18-20-52)53-21-13-31(14-22-53)33-9-10-38-35(26-33)28-55(45(38)59)40-11-12-41(56)50-44(40)58/h1-10,25-27,31,36-37,40,45,59H,11-24,28-29H2,(H,48,49,51)(H,50,56,58). The number of aliphatic hydroxyl groups is 1. The molecule has 4 aromatic rings. The summed E-state index contributed by atoms with van der Waals surface area (Å²) in [6.07, 6.45) is 7.58. The molecule has 5 aliphatic rings. The number of likely N-dealkylation sites (tertiary alicyclic amines) is 3. The normalized spacial score (nSPS) is 23.0. The number of rotatable bonds is 9. The highest BCUT2D eigenvalue weighted by Crippen LogP contribution is 2.39. The summed E-state index contributed by atoms with van der Waals surface area (Å²) in [5.41, 5.74) is 7.12. The molecule has 6 heterocycles. The maximum atomic E-state index is 13.4. The highest BCUT2D eigenvalue weighted by Gasteiger charge is 2.40. The minimum atomic E-state index is -0.831. The van der Waals surface area contributed by atoms with E-state index in [0.29, 0.717) is 67.6 Å². The van der Waals surface area contributed by atoms with Crippen molar-refractivity contribution in [1.29, 1.82) is 0 Å². The number of fused-ring (bicyclic) bond motifs is 1. The van der Waals surface area contributed by atoms with Gasteiger partial charge in [0.15, 0.2) is 0 Å². The van der Waals surface area contributed by atoms with Gasteiger partial charge in [0.2, 0.25) is 23.7 Å². The van der Waals surface area contributed by atoms with Crippen LogP contribution in [0.4, 0.5) is 5.95 Å². The molecular formula is C46H53ClN8O4. The molecule has 3 N–H and O–H groups in total. The third kappa shape index (κ3) is 8.79. The van der Waals surface area contributed by atoms with Crippen LogP contribution in [0.3, 0.4) is 0 Å². The van der Waals surface area contributed by atoms with Gasteiger partial charge in [-0.25, -0.2) is 9.97 Å². The quantitative estimate of drug-likeness (QED) is 0.178. The van der Waals surface area contributed by atoms with Crippen molar-refractivity contribution >= 4 is 35.3 Å². The van der Waals surface area contributed by atoms with Crippen molar-refractivity contribution in [3.05, 3.63) is 101 Å². The van der Waals surface area contributed by atoms with Crippen LogP contribution in [0.2, 0.25) is 5.02 Å².